The van der Waals surface area contributed by atoms with E-state index >= 15 is 0 Å². The summed E-state index contributed by atoms with van der Waals surface area (Å²) in [6, 6.07) is 5.62. The molecule has 0 saturated carbocycles. The quantitative estimate of drug-likeness (QED) is 0.785. The summed E-state index contributed by atoms with van der Waals surface area (Å²) in [5.41, 5.74) is 6.77. The highest BCUT2D eigenvalue weighted by atomic mass is 35.5. The van der Waals surface area contributed by atoms with Gasteiger partial charge in [-0.3, -0.25) is 0 Å². The third-order valence-corrected chi connectivity index (χ3v) is 2.89. The minimum absolute atomic E-state index is 0.280. The smallest absolute Gasteiger partial charge is 0.0595 e. The topological polar surface area (TPSA) is 26.0 Å². The summed E-state index contributed by atoms with van der Waals surface area (Å²) in [6.45, 7) is 4.29. The summed E-state index contributed by atoms with van der Waals surface area (Å²) in [5.74, 6) is 0.280. The van der Waals surface area contributed by atoms with E-state index in [1.54, 1.807) is 6.07 Å². The van der Waals surface area contributed by atoms with Gasteiger partial charge in [-0.1, -0.05) is 35.3 Å². The molecule has 0 heterocycles. The van der Waals surface area contributed by atoms with E-state index in [0.29, 0.717) is 16.6 Å². The van der Waals surface area contributed by atoms with Crippen molar-refractivity contribution in [3.05, 3.63) is 46.5 Å². The summed E-state index contributed by atoms with van der Waals surface area (Å²) in [5, 5.41) is 1.15. The van der Waals surface area contributed by atoms with Crippen LogP contribution in [0.15, 0.2) is 30.9 Å². The monoisotopic (exact) mass is 229 g/mol. The largest absolute Gasteiger partial charge is 0.330 e. The van der Waals surface area contributed by atoms with Gasteiger partial charge < -0.3 is 5.73 Å². The van der Waals surface area contributed by atoms with Gasteiger partial charge in [-0.25, -0.2) is 0 Å². The average Bonchev–Trinajstić information content (AvgIpc) is 2.19. The standard InChI is InChI=1S/C11H13Cl2N/c1-2-3-9(7-14)8-4-5-10(12)11(13)6-8/h2,4-6,9H,1,3,7,14H2. The zero-order chi connectivity index (χ0) is 10.6. The van der Waals surface area contributed by atoms with E-state index in [-0.39, 0.29) is 5.92 Å². The predicted molar refractivity (Wildman–Crippen MR) is 63.1 cm³/mol. The van der Waals surface area contributed by atoms with Crippen LogP contribution in [0.1, 0.15) is 17.9 Å². The lowest BCUT2D eigenvalue weighted by Crippen LogP contribution is -2.11. The fourth-order valence-electron chi connectivity index (χ4n) is 1.34. The Kier molecular flexibility index (Phi) is 4.46. The highest BCUT2D eigenvalue weighted by Crippen LogP contribution is 2.27. The molecule has 1 nitrogen and oxygen atoms in total. The fourth-order valence-corrected chi connectivity index (χ4v) is 1.64. The highest BCUT2D eigenvalue weighted by Gasteiger charge is 2.09. The van der Waals surface area contributed by atoms with Gasteiger partial charge in [0, 0.05) is 0 Å². The molecule has 0 amide bonds. The Balaban J connectivity index is 2.93. The molecular weight excluding hydrogens is 217 g/mol. The molecule has 2 N–H and O–H groups in total. The normalized spacial score (nSPS) is 12.5. The van der Waals surface area contributed by atoms with Gasteiger partial charge in [-0.05, 0) is 36.6 Å². The molecule has 1 unspecified atom stereocenters. The maximum Gasteiger partial charge on any atom is 0.0595 e. The number of benzene rings is 1. The van der Waals surface area contributed by atoms with Gasteiger partial charge in [0.2, 0.25) is 0 Å². The molecule has 0 radical (unpaired) electrons. The van der Waals surface area contributed by atoms with Gasteiger partial charge in [-0.2, -0.15) is 0 Å². The minimum atomic E-state index is 0.280. The zero-order valence-electron chi connectivity index (χ0n) is 7.84. The van der Waals surface area contributed by atoms with Gasteiger partial charge in [0.05, 0.1) is 10.0 Å². The summed E-state index contributed by atoms with van der Waals surface area (Å²) in [4.78, 5) is 0. The van der Waals surface area contributed by atoms with Gasteiger partial charge >= 0.3 is 0 Å². The Morgan fingerprint density at radius 1 is 1.36 bits per heavy atom. The molecular formula is C11H13Cl2N. The molecule has 0 aliphatic carbocycles. The summed E-state index contributed by atoms with van der Waals surface area (Å²) < 4.78 is 0. The van der Waals surface area contributed by atoms with E-state index in [1.165, 1.54) is 0 Å². The van der Waals surface area contributed by atoms with Crippen molar-refractivity contribution in [3.63, 3.8) is 0 Å². The third-order valence-electron chi connectivity index (χ3n) is 2.15. The van der Waals surface area contributed by atoms with Gasteiger partial charge in [-0.15, -0.1) is 6.58 Å². The van der Waals surface area contributed by atoms with Gasteiger partial charge in [0.25, 0.3) is 0 Å². The van der Waals surface area contributed by atoms with E-state index in [2.05, 4.69) is 6.58 Å². The molecule has 0 aromatic heterocycles. The van der Waals surface area contributed by atoms with Crippen molar-refractivity contribution in [3.8, 4) is 0 Å². The number of rotatable bonds is 4. The second-order valence-corrected chi connectivity index (χ2v) is 3.94. The first-order valence-corrected chi connectivity index (χ1v) is 5.20. The van der Waals surface area contributed by atoms with Gasteiger partial charge in [0.1, 0.15) is 0 Å². The van der Waals surface area contributed by atoms with Crippen LogP contribution >= 0.6 is 23.2 Å². The van der Waals surface area contributed by atoms with Crippen molar-refractivity contribution in [2.75, 3.05) is 6.54 Å². The van der Waals surface area contributed by atoms with Crippen molar-refractivity contribution < 1.29 is 0 Å². The maximum absolute atomic E-state index is 5.92. The number of allylic oxidation sites excluding steroid dienone is 1. The van der Waals surface area contributed by atoms with Crippen LogP contribution in [0, 0.1) is 0 Å². The summed E-state index contributed by atoms with van der Waals surface area (Å²) in [7, 11) is 0. The van der Waals surface area contributed by atoms with Crippen LogP contribution in [0.25, 0.3) is 0 Å². The Morgan fingerprint density at radius 3 is 2.57 bits per heavy atom. The SMILES string of the molecule is C=CCC(CN)c1ccc(Cl)c(Cl)c1. The molecule has 1 atom stereocenters. The molecule has 0 bridgehead atoms. The zero-order valence-corrected chi connectivity index (χ0v) is 9.35. The Bertz CT molecular complexity index is 323. The summed E-state index contributed by atoms with van der Waals surface area (Å²) >= 11 is 11.7. The number of hydrogen-bond acceptors (Lipinski definition) is 1. The van der Waals surface area contributed by atoms with Crippen molar-refractivity contribution in [1.82, 2.24) is 0 Å². The molecule has 0 aliphatic heterocycles. The molecule has 0 aliphatic rings. The maximum atomic E-state index is 5.92. The molecule has 3 heteroatoms. The molecule has 1 rings (SSSR count). The van der Waals surface area contributed by atoms with Gasteiger partial charge in [0.15, 0.2) is 0 Å². The third kappa shape index (κ3) is 2.74. The fraction of sp³-hybridized carbons (Fsp3) is 0.273. The lowest BCUT2D eigenvalue weighted by Gasteiger charge is -2.13. The first-order chi connectivity index (χ1) is 6.69. The van der Waals surface area contributed by atoms with Crippen LogP contribution in [0.3, 0.4) is 0 Å². The molecule has 76 valence electrons. The van der Waals surface area contributed by atoms with Crippen molar-refractivity contribution in [2.24, 2.45) is 5.73 Å². The van der Waals surface area contributed by atoms with Crippen molar-refractivity contribution in [2.45, 2.75) is 12.3 Å². The minimum Gasteiger partial charge on any atom is -0.330 e. The summed E-state index contributed by atoms with van der Waals surface area (Å²) in [6.07, 6.45) is 2.72. The Morgan fingerprint density at radius 2 is 2.07 bits per heavy atom. The van der Waals surface area contributed by atoms with Crippen LogP contribution in [0.4, 0.5) is 0 Å². The van der Waals surface area contributed by atoms with Crippen LogP contribution in [0.5, 0.6) is 0 Å². The lowest BCUT2D eigenvalue weighted by atomic mass is 9.96. The molecule has 1 aromatic carbocycles. The van der Waals surface area contributed by atoms with Crippen molar-refractivity contribution >= 4 is 23.2 Å². The van der Waals surface area contributed by atoms with E-state index in [4.69, 9.17) is 28.9 Å². The first kappa shape index (κ1) is 11.6. The van der Waals surface area contributed by atoms with Crippen LogP contribution < -0.4 is 5.73 Å². The first-order valence-electron chi connectivity index (χ1n) is 4.45. The van der Waals surface area contributed by atoms with Crippen LogP contribution in [0.2, 0.25) is 10.0 Å². The lowest BCUT2D eigenvalue weighted by molar-refractivity contribution is 0.711. The van der Waals surface area contributed by atoms with E-state index in [9.17, 15) is 0 Å². The average molecular weight is 230 g/mol. The second kappa shape index (κ2) is 5.40. The number of nitrogens with two attached hydrogens (primary N) is 1. The van der Waals surface area contributed by atoms with Crippen molar-refractivity contribution in [1.29, 1.82) is 0 Å². The molecule has 0 fully saturated rings. The molecule has 0 spiro atoms. The number of halogens is 2. The van der Waals surface area contributed by atoms with Crippen LogP contribution in [-0.2, 0) is 0 Å². The second-order valence-electron chi connectivity index (χ2n) is 3.13. The Labute approximate surface area is 94.5 Å². The van der Waals surface area contributed by atoms with E-state index in [0.717, 1.165) is 12.0 Å². The number of hydrogen-bond donors (Lipinski definition) is 1. The predicted octanol–water partition coefficient (Wildman–Crippen LogP) is 3.61. The molecule has 14 heavy (non-hydrogen) atoms. The molecule has 1 aromatic rings. The van der Waals surface area contributed by atoms with E-state index in [1.807, 2.05) is 18.2 Å². The van der Waals surface area contributed by atoms with E-state index < -0.39 is 0 Å². The van der Waals surface area contributed by atoms with Crippen LogP contribution in [-0.4, -0.2) is 6.54 Å². The highest BCUT2D eigenvalue weighted by molar-refractivity contribution is 6.42. The molecule has 0 saturated heterocycles. The Hall–Kier alpha value is -0.500.